The van der Waals surface area contributed by atoms with Crippen LogP contribution in [0.1, 0.15) is 21.3 Å². The molecule has 0 radical (unpaired) electrons. The zero-order valence-corrected chi connectivity index (χ0v) is 15.5. The number of nitrogens with one attached hydrogen (secondary N) is 2. The van der Waals surface area contributed by atoms with E-state index in [1.165, 1.54) is 4.88 Å². The van der Waals surface area contributed by atoms with E-state index in [9.17, 15) is 0 Å². The van der Waals surface area contributed by atoms with Crippen molar-refractivity contribution in [2.75, 3.05) is 26.0 Å². The summed E-state index contributed by atoms with van der Waals surface area (Å²) in [5.74, 6) is 1.70. The third kappa shape index (κ3) is 4.22. The Morgan fingerprint density at radius 3 is 2.52 bits per heavy atom. The molecule has 2 aromatic rings. The van der Waals surface area contributed by atoms with Crippen LogP contribution in [0.2, 0.25) is 0 Å². The van der Waals surface area contributed by atoms with Crippen molar-refractivity contribution >= 4 is 23.2 Å². The average molecular weight is 335 g/mol. The summed E-state index contributed by atoms with van der Waals surface area (Å²) in [5.41, 5.74) is 2.18. The first kappa shape index (κ1) is 17.3. The lowest BCUT2D eigenvalue weighted by atomic mass is 10.4. The summed E-state index contributed by atoms with van der Waals surface area (Å²) in [6.07, 6.45) is 1.88. The van der Waals surface area contributed by atoms with Crippen molar-refractivity contribution in [2.24, 2.45) is 12.0 Å². The third-order valence-electron chi connectivity index (χ3n) is 3.54. The van der Waals surface area contributed by atoms with Crippen molar-refractivity contribution in [1.82, 2.24) is 25.2 Å². The van der Waals surface area contributed by atoms with Gasteiger partial charge in [0.25, 0.3) is 0 Å². The Morgan fingerprint density at radius 1 is 1.30 bits per heavy atom. The molecule has 0 saturated heterocycles. The maximum Gasteiger partial charge on any atom is 0.204 e. The SMILES string of the molecule is CN=C(NCc1sc(C)nc1C)NCc1cnc(N(C)C)n1C. The zero-order valence-electron chi connectivity index (χ0n) is 14.6. The van der Waals surface area contributed by atoms with E-state index in [4.69, 9.17) is 0 Å². The molecular weight excluding hydrogens is 310 g/mol. The first-order chi connectivity index (χ1) is 10.9. The molecule has 23 heavy (non-hydrogen) atoms. The number of rotatable bonds is 5. The van der Waals surface area contributed by atoms with Crippen LogP contribution in [-0.2, 0) is 20.1 Å². The molecule has 7 nitrogen and oxygen atoms in total. The summed E-state index contributed by atoms with van der Waals surface area (Å²) in [6, 6.07) is 0. The van der Waals surface area contributed by atoms with Gasteiger partial charge in [-0.2, -0.15) is 0 Å². The Bertz CT molecular complexity index is 684. The fourth-order valence-electron chi connectivity index (χ4n) is 2.31. The summed E-state index contributed by atoms with van der Waals surface area (Å²) in [4.78, 5) is 16.3. The van der Waals surface area contributed by atoms with Crippen LogP contribution in [0.5, 0.6) is 0 Å². The lowest BCUT2D eigenvalue weighted by Gasteiger charge is -2.14. The van der Waals surface area contributed by atoms with Gasteiger partial charge in [-0.3, -0.25) is 4.99 Å². The Kier molecular flexibility index (Phi) is 5.59. The molecule has 0 bridgehead atoms. The summed E-state index contributed by atoms with van der Waals surface area (Å²) in [5, 5.41) is 7.74. The van der Waals surface area contributed by atoms with Crippen LogP contribution in [0.3, 0.4) is 0 Å². The predicted octanol–water partition coefficient (Wildman–Crippen LogP) is 1.42. The minimum absolute atomic E-state index is 0.664. The van der Waals surface area contributed by atoms with Crippen LogP contribution in [0.15, 0.2) is 11.2 Å². The quantitative estimate of drug-likeness (QED) is 0.639. The summed E-state index contributed by atoms with van der Waals surface area (Å²) < 4.78 is 2.07. The molecule has 2 N–H and O–H groups in total. The van der Waals surface area contributed by atoms with E-state index in [0.29, 0.717) is 6.54 Å². The Morgan fingerprint density at radius 2 is 2.00 bits per heavy atom. The second-order valence-corrected chi connectivity index (χ2v) is 6.81. The molecule has 2 rings (SSSR count). The molecule has 0 amide bonds. The lowest BCUT2D eigenvalue weighted by Crippen LogP contribution is -2.36. The third-order valence-corrected chi connectivity index (χ3v) is 4.61. The van der Waals surface area contributed by atoms with Crippen LogP contribution in [0, 0.1) is 13.8 Å². The first-order valence-corrected chi connectivity index (χ1v) is 8.29. The number of aliphatic imine (C=N–C) groups is 1. The molecular formula is C15H25N7S. The largest absolute Gasteiger partial charge is 0.351 e. The molecule has 2 aromatic heterocycles. The van der Waals surface area contributed by atoms with Gasteiger partial charge < -0.3 is 20.1 Å². The number of imidazole rings is 1. The van der Waals surface area contributed by atoms with Gasteiger partial charge in [0, 0.05) is 33.1 Å². The van der Waals surface area contributed by atoms with E-state index in [-0.39, 0.29) is 0 Å². The van der Waals surface area contributed by atoms with E-state index < -0.39 is 0 Å². The zero-order chi connectivity index (χ0) is 17.0. The van der Waals surface area contributed by atoms with Gasteiger partial charge in [0.2, 0.25) is 5.95 Å². The van der Waals surface area contributed by atoms with Gasteiger partial charge in [-0.15, -0.1) is 11.3 Å². The summed E-state index contributed by atoms with van der Waals surface area (Å²) >= 11 is 1.71. The highest BCUT2D eigenvalue weighted by Crippen LogP contribution is 2.16. The number of thiazole rings is 1. The summed E-state index contributed by atoms with van der Waals surface area (Å²) in [7, 11) is 7.76. The van der Waals surface area contributed by atoms with Gasteiger partial charge in [0.1, 0.15) is 0 Å². The van der Waals surface area contributed by atoms with Crippen molar-refractivity contribution < 1.29 is 0 Å². The lowest BCUT2D eigenvalue weighted by molar-refractivity contribution is 0.744. The monoisotopic (exact) mass is 335 g/mol. The van der Waals surface area contributed by atoms with E-state index >= 15 is 0 Å². The predicted molar refractivity (Wildman–Crippen MR) is 96.2 cm³/mol. The van der Waals surface area contributed by atoms with Crippen LogP contribution < -0.4 is 15.5 Å². The molecule has 0 aliphatic rings. The van der Waals surface area contributed by atoms with Gasteiger partial charge in [-0.05, 0) is 13.8 Å². The topological polar surface area (TPSA) is 70.4 Å². The fourth-order valence-corrected chi connectivity index (χ4v) is 3.19. The standard InChI is InChI=1S/C15H25N7S/c1-10-13(23-11(2)20-10)9-18-14(16-3)17-7-12-8-19-15(21(4)5)22(12)6/h8H,7,9H2,1-6H3,(H2,16,17,18). The molecule has 0 atom stereocenters. The van der Waals surface area contributed by atoms with E-state index in [0.717, 1.165) is 34.8 Å². The highest BCUT2D eigenvalue weighted by atomic mass is 32.1. The van der Waals surface area contributed by atoms with Gasteiger partial charge in [-0.25, -0.2) is 9.97 Å². The number of aryl methyl sites for hydroxylation is 2. The van der Waals surface area contributed by atoms with Crippen molar-refractivity contribution in [2.45, 2.75) is 26.9 Å². The molecule has 2 heterocycles. The highest BCUT2D eigenvalue weighted by Gasteiger charge is 2.09. The number of nitrogens with zero attached hydrogens (tertiary/aromatic N) is 5. The molecule has 0 fully saturated rings. The Labute approximate surface area is 141 Å². The number of hydrogen-bond acceptors (Lipinski definition) is 5. The fraction of sp³-hybridized carbons (Fsp3) is 0.533. The maximum atomic E-state index is 4.44. The van der Waals surface area contributed by atoms with Crippen molar-refractivity contribution in [3.63, 3.8) is 0 Å². The van der Waals surface area contributed by atoms with Crippen molar-refractivity contribution in [3.8, 4) is 0 Å². The van der Waals surface area contributed by atoms with Crippen LogP contribution in [0.25, 0.3) is 0 Å². The molecule has 0 aromatic carbocycles. The van der Waals surface area contributed by atoms with E-state index in [1.54, 1.807) is 18.4 Å². The molecule has 0 aliphatic carbocycles. The number of guanidine groups is 1. The Balaban J connectivity index is 1.92. The summed E-state index contributed by atoms with van der Waals surface area (Å²) in [6.45, 7) is 5.46. The number of aromatic nitrogens is 3. The highest BCUT2D eigenvalue weighted by molar-refractivity contribution is 7.11. The van der Waals surface area contributed by atoms with Gasteiger partial charge >= 0.3 is 0 Å². The second kappa shape index (κ2) is 7.45. The Hall–Kier alpha value is -2.09. The van der Waals surface area contributed by atoms with Gasteiger partial charge in [-0.1, -0.05) is 0 Å². The van der Waals surface area contributed by atoms with Gasteiger partial charge in [0.15, 0.2) is 5.96 Å². The molecule has 0 saturated carbocycles. The van der Waals surface area contributed by atoms with E-state index in [2.05, 4.69) is 30.2 Å². The number of anilines is 1. The van der Waals surface area contributed by atoms with Crippen LogP contribution in [0.4, 0.5) is 5.95 Å². The van der Waals surface area contributed by atoms with E-state index in [1.807, 2.05) is 46.1 Å². The molecule has 8 heteroatoms. The minimum Gasteiger partial charge on any atom is -0.351 e. The number of hydrogen-bond donors (Lipinski definition) is 2. The first-order valence-electron chi connectivity index (χ1n) is 7.47. The van der Waals surface area contributed by atoms with Crippen LogP contribution in [-0.4, -0.2) is 41.6 Å². The molecule has 126 valence electrons. The second-order valence-electron chi connectivity index (χ2n) is 5.52. The van der Waals surface area contributed by atoms with Crippen molar-refractivity contribution in [3.05, 3.63) is 27.5 Å². The molecule has 0 unspecified atom stereocenters. The van der Waals surface area contributed by atoms with Gasteiger partial charge in [0.05, 0.1) is 35.7 Å². The van der Waals surface area contributed by atoms with Crippen molar-refractivity contribution in [1.29, 1.82) is 0 Å². The minimum atomic E-state index is 0.664. The smallest absolute Gasteiger partial charge is 0.204 e. The molecule has 0 aliphatic heterocycles. The van der Waals surface area contributed by atoms with Crippen LogP contribution >= 0.6 is 11.3 Å². The normalized spacial score (nSPS) is 11.7. The molecule has 0 spiro atoms. The maximum absolute atomic E-state index is 4.44. The average Bonchev–Trinajstić information content (AvgIpc) is 3.02.